The number of nitrogens with one attached hydrogen (secondary N) is 1. The van der Waals surface area contributed by atoms with Crippen LogP contribution in [0.5, 0.6) is 11.6 Å². The number of methoxy groups -OCH3 is 1. The third kappa shape index (κ3) is 3.19. The maximum atomic E-state index is 11.8. The van der Waals surface area contributed by atoms with Crippen LogP contribution in [-0.2, 0) is 6.54 Å². The van der Waals surface area contributed by atoms with E-state index in [-0.39, 0.29) is 17.2 Å². The standard InChI is InChI=1S/C13H13N3O3/c1-19-12-3-2-9(6-15-12)7-16-13(18)10-4-5-14-8-11(10)17/h2-6,8,17H,7H2,1H3,(H,16,18). The average Bonchev–Trinajstić information content (AvgIpc) is 2.46. The summed E-state index contributed by atoms with van der Waals surface area (Å²) in [5.74, 6) is 0.00503. The molecule has 0 aliphatic heterocycles. The molecule has 6 heteroatoms. The van der Waals surface area contributed by atoms with Gasteiger partial charge >= 0.3 is 0 Å². The fourth-order valence-electron chi connectivity index (χ4n) is 1.49. The first-order valence-electron chi connectivity index (χ1n) is 5.61. The molecule has 6 nitrogen and oxygen atoms in total. The van der Waals surface area contributed by atoms with Crippen molar-refractivity contribution in [1.29, 1.82) is 0 Å². The van der Waals surface area contributed by atoms with Gasteiger partial charge in [-0.1, -0.05) is 6.07 Å². The Morgan fingerprint density at radius 1 is 1.37 bits per heavy atom. The van der Waals surface area contributed by atoms with Gasteiger partial charge in [0.05, 0.1) is 18.9 Å². The number of pyridine rings is 2. The summed E-state index contributed by atoms with van der Waals surface area (Å²) in [4.78, 5) is 19.6. The Morgan fingerprint density at radius 2 is 2.21 bits per heavy atom. The number of hydrogen-bond donors (Lipinski definition) is 2. The van der Waals surface area contributed by atoms with Crippen LogP contribution in [0.3, 0.4) is 0 Å². The molecular weight excluding hydrogens is 246 g/mol. The van der Waals surface area contributed by atoms with Crippen LogP contribution in [0, 0.1) is 0 Å². The van der Waals surface area contributed by atoms with Crippen LogP contribution < -0.4 is 10.1 Å². The first kappa shape index (κ1) is 12.8. The molecule has 0 saturated carbocycles. The summed E-state index contributed by atoms with van der Waals surface area (Å²) in [5, 5.41) is 12.2. The molecule has 2 aromatic rings. The van der Waals surface area contributed by atoms with Crippen molar-refractivity contribution >= 4 is 5.91 Å². The lowest BCUT2D eigenvalue weighted by Crippen LogP contribution is -2.22. The highest BCUT2D eigenvalue weighted by atomic mass is 16.5. The van der Waals surface area contributed by atoms with Gasteiger partial charge < -0.3 is 15.2 Å². The number of carbonyl (C=O) groups is 1. The quantitative estimate of drug-likeness (QED) is 0.859. The summed E-state index contributed by atoms with van der Waals surface area (Å²) in [6, 6.07) is 4.97. The molecule has 0 aromatic carbocycles. The molecule has 19 heavy (non-hydrogen) atoms. The van der Waals surface area contributed by atoms with Crippen molar-refractivity contribution in [2.75, 3.05) is 7.11 Å². The van der Waals surface area contributed by atoms with Crippen LogP contribution in [0.1, 0.15) is 15.9 Å². The van der Waals surface area contributed by atoms with E-state index < -0.39 is 0 Å². The molecule has 98 valence electrons. The van der Waals surface area contributed by atoms with E-state index in [1.165, 1.54) is 25.6 Å². The number of aromatic nitrogens is 2. The van der Waals surface area contributed by atoms with Gasteiger partial charge in [0.25, 0.3) is 5.91 Å². The molecule has 0 bridgehead atoms. The van der Waals surface area contributed by atoms with Crippen molar-refractivity contribution in [3.8, 4) is 11.6 Å². The summed E-state index contributed by atoms with van der Waals surface area (Å²) in [6.07, 6.45) is 4.29. The molecule has 0 radical (unpaired) electrons. The van der Waals surface area contributed by atoms with Gasteiger partial charge in [0.2, 0.25) is 5.88 Å². The molecule has 2 aromatic heterocycles. The van der Waals surface area contributed by atoms with Crippen molar-refractivity contribution < 1.29 is 14.6 Å². The van der Waals surface area contributed by atoms with E-state index in [0.717, 1.165) is 5.56 Å². The van der Waals surface area contributed by atoms with Gasteiger partial charge in [-0.3, -0.25) is 9.78 Å². The van der Waals surface area contributed by atoms with Crippen molar-refractivity contribution in [1.82, 2.24) is 15.3 Å². The molecule has 1 amide bonds. The fourth-order valence-corrected chi connectivity index (χ4v) is 1.49. The molecular formula is C13H13N3O3. The Morgan fingerprint density at radius 3 is 2.84 bits per heavy atom. The van der Waals surface area contributed by atoms with E-state index >= 15 is 0 Å². The molecule has 0 aliphatic carbocycles. The molecule has 0 saturated heterocycles. The fraction of sp³-hybridized carbons (Fsp3) is 0.154. The number of rotatable bonds is 4. The highest BCUT2D eigenvalue weighted by molar-refractivity contribution is 5.96. The maximum absolute atomic E-state index is 11.8. The van der Waals surface area contributed by atoms with Gasteiger partial charge in [0, 0.05) is 25.0 Å². The second-order valence-electron chi connectivity index (χ2n) is 3.78. The molecule has 0 atom stereocenters. The normalized spacial score (nSPS) is 9.95. The van der Waals surface area contributed by atoms with Gasteiger partial charge in [-0.25, -0.2) is 4.98 Å². The zero-order valence-electron chi connectivity index (χ0n) is 10.3. The lowest BCUT2D eigenvalue weighted by molar-refractivity contribution is 0.0948. The number of carbonyl (C=O) groups excluding carboxylic acids is 1. The third-order valence-corrected chi connectivity index (χ3v) is 2.50. The molecule has 0 fully saturated rings. The summed E-state index contributed by atoms with van der Waals surface area (Å²) in [7, 11) is 1.54. The smallest absolute Gasteiger partial charge is 0.255 e. The second kappa shape index (κ2) is 5.81. The molecule has 2 N–H and O–H groups in total. The minimum atomic E-state index is -0.365. The van der Waals surface area contributed by atoms with E-state index in [4.69, 9.17) is 4.74 Å². The van der Waals surface area contributed by atoms with E-state index in [1.54, 1.807) is 18.3 Å². The summed E-state index contributed by atoms with van der Waals surface area (Å²) >= 11 is 0. The average molecular weight is 259 g/mol. The van der Waals surface area contributed by atoms with Crippen molar-refractivity contribution in [3.05, 3.63) is 47.9 Å². The van der Waals surface area contributed by atoms with E-state index in [2.05, 4.69) is 15.3 Å². The van der Waals surface area contributed by atoms with Crippen molar-refractivity contribution in [2.45, 2.75) is 6.54 Å². The Hall–Kier alpha value is -2.63. The van der Waals surface area contributed by atoms with Gasteiger partial charge in [-0.15, -0.1) is 0 Å². The predicted octanol–water partition coefficient (Wildman–Crippen LogP) is 1.12. The minimum Gasteiger partial charge on any atom is -0.505 e. The van der Waals surface area contributed by atoms with E-state index in [0.29, 0.717) is 12.4 Å². The molecule has 0 aliphatic rings. The van der Waals surface area contributed by atoms with Crippen LogP contribution in [0.15, 0.2) is 36.8 Å². The number of nitrogens with zero attached hydrogens (tertiary/aromatic N) is 2. The molecule has 2 rings (SSSR count). The third-order valence-electron chi connectivity index (χ3n) is 2.50. The van der Waals surface area contributed by atoms with Crippen LogP contribution in [0.2, 0.25) is 0 Å². The maximum Gasteiger partial charge on any atom is 0.255 e. The number of amides is 1. The van der Waals surface area contributed by atoms with E-state index in [9.17, 15) is 9.90 Å². The Kier molecular flexibility index (Phi) is 3.92. The topological polar surface area (TPSA) is 84.3 Å². The van der Waals surface area contributed by atoms with E-state index in [1.807, 2.05) is 0 Å². The van der Waals surface area contributed by atoms with Gasteiger partial charge in [-0.05, 0) is 11.6 Å². The Bertz CT molecular complexity index is 570. The van der Waals surface area contributed by atoms with Crippen molar-refractivity contribution in [2.24, 2.45) is 0 Å². The van der Waals surface area contributed by atoms with Gasteiger partial charge in [-0.2, -0.15) is 0 Å². The highest BCUT2D eigenvalue weighted by Gasteiger charge is 2.10. The lowest BCUT2D eigenvalue weighted by atomic mass is 10.2. The summed E-state index contributed by atoms with van der Waals surface area (Å²) in [5.41, 5.74) is 1.03. The van der Waals surface area contributed by atoms with Crippen molar-refractivity contribution in [3.63, 3.8) is 0 Å². The monoisotopic (exact) mass is 259 g/mol. The zero-order chi connectivity index (χ0) is 13.7. The SMILES string of the molecule is COc1ccc(CNC(=O)c2ccncc2O)cn1. The van der Waals surface area contributed by atoms with Crippen LogP contribution in [-0.4, -0.2) is 28.1 Å². The van der Waals surface area contributed by atoms with Crippen LogP contribution >= 0.6 is 0 Å². The minimum absolute atomic E-state index is 0.146. The number of aromatic hydroxyl groups is 1. The first-order valence-corrected chi connectivity index (χ1v) is 5.61. The highest BCUT2D eigenvalue weighted by Crippen LogP contribution is 2.13. The molecule has 0 unspecified atom stereocenters. The predicted molar refractivity (Wildman–Crippen MR) is 67.9 cm³/mol. The summed E-state index contributed by atoms with van der Waals surface area (Å²) < 4.78 is 4.94. The first-order chi connectivity index (χ1) is 9.20. The van der Waals surface area contributed by atoms with Crippen LogP contribution in [0.25, 0.3) is 0 Å². The largest absolute Gasteiger partial charge is 0.505 e. The van der Waals surface area contributed by atoms with Gasteiger partial charge in [0.15, 0.2) is 0 Å². The Labute approximate surface area is 110 Å². The molecule has 2 heterocycles. The zero-order valence-corrected chi connectivity index (χ0v) is 10.3. The van der Waals surface area contributed by atoms with Crippen LogP contribution in [0.4, 0.5) is 0 Å². The summed E-state index contributed by atoms with van der Waals surface area (Å²) in [6.45, 7) is 0.317. The number of ether oxygens (including phenoxy) is 1. The second-order valence-corrected chi connectivity index (χ2v) is 3.78. The van der Waals surface area contributed by atoms with Gasteiger partial charge in [0.1, 0.15) is 5.75 Å². The number of hydrogen-bond acceptors (Lipinski definition) is 5. The Balaban J connectivity index is 1.98. The molecule has 0 spiro atoms. The lowest BCUT2D eigenvalue weighted by Gasteiger charge is -2.06.